The number of hydrogen-bond acceptors (Lipinski definition) is 2. The van der Waals surface area contributed by atoms with Crippen LogP contribution in [-0.2, 0) is 6.61 Å². The summed E-state index contributed by atoms with van der Waals surface area (Å²) < 4.78 is 19.7. The monoisotopic (exact) mass is 336 g/mol. The Morgan fingerprint density at radius 2 is 2.05 bits per heavy atom. The molecule has 2 aromatic carbocycles. The first-order valence-corrected chi connectivity index (χ1v) is 6.78. The van der Waals surface area contributed by atoms with Gasteiger partial charge in [-0.2, -0.15) is 0 Å². The molecular formula is C15H14BrFN2O. The molecule has 0 aliphatic carbocycles. The van der Waals surface area contributed by atoms with Crippen molar-refractivity contribution in [3.8, 4) is 5.75 Å². The standard InChI is InChI=1S/C15H14BrFN2O/c1-9-2-5-14(13(16)6-9)20-8-10-3-4-11(17)7-12(10)15(18)19/h2-7H,8H2,1H3,(H3,18,19). The summed E-state index contributed by atoms with van der Waals surface area (Å²) in [6, 6.07) is 9.90. The van der Waals surface area contributed by atoms with Crippen LogP contribution in [0, 0.1) is 18.2 Å². The molecule has 0 aliphatic heterocycles. The van der Waals surface area contributed by atoms with Gasteiger partial charge in [0.25, 0.3) is 0 Å². The highest BCUT2D eigenvalue weighted by atomic mass is 79.9. The third-order valence-electron chi connectivity index (χ3n) is 2.83. The van der Waals surface area contributed by atoms with Gasteiger partial charge in [0, 0.05) is 11.1 Å². The lowest BCUT2D eigenvalue weighted by Crippen LogP contribution is -2.15. The normalized spacial score (nSPS) is 10.3. The largest absolute Gasteiger partial charge is 0.488 e. The van der Waals surface area contributed by atoms with Crippen molar-refractivity contribution in [3.05, 3.63) is 63.4 Å². The van der Waals surface area contributed by atoms with Gasteiger partial charge in [0.2, 0.25) is 0 Å². The van der Waals surface area contributed by atoms with Gasteiger partial charge in [-0.25, -0.2) is 4.39 Å². The number of amidine groups is 1. The van der Waals surface area contributed by atoms with Crippen molar-refractivity contribution in [1.82, 2.24) is 0 Å². The van der Waals surface area contributed by atoms with E-state index in [1.807, 2.05) is 25.1 Å². The summed E-state index contributed by atoms with van der Waals surface area (Å²) in [5, 5.41) is 7.47. The van der Waals surface area contributed by atoms with Gasteiger partial charge in [0.05, 0.1) is 4.47 Å². The summed E-state index contributed by atoms with van der Waals surface area (Å²) in [4.78, 5) is 0. The van der Waals surface area contributed by atoms with Crippen molar-refractivity contribution in [1.29, 1.82) is 5.41 Å². The van der Waals surface area contributed by atoms with Crippen LogP contribution in [0.25, 0.3) is 0 Å². The van der Waals surface area contributed by atoms with Crippen LogP contribution in [0.3, 0.4) is 0 Å². The number of halogens is 2. The fourth-order valence-electron chi connectivity index (χ4n) is 1.80. The number of nitrogens with two attached hydrogens (primary N) is 1. The lowest BCUT2D eigenvalue weighted by Gasteiger charge is -2.12. The first kappa shape index (κ1) is 14.5. The molecule has 0 saturated carbocycles. The van der Waals surface area contributed by atoms with Crippen molar-refractivity contribution >= 4 is 21.8 Å². The molecule has 0 aliphatic rings. The van der Waals surface area contributed by atoms with Crippen molar-refractivity contribution in [2.75, 3.05) is 0 Å². The molecule has 20 heavy (non-hydrogen) atoms. The number of ether oxygens (including phenoxy) is 1. The Morgan fingerprint density at radius 1 is 1.30 bits per heavy atom. The molecule has 0 saturated heterocycles. The van der Waals surface area contributed by atoms with E-state index in [0.717, 1.165) is 10.0 Å². The predicted octanol–water partition coefficient (Wildman–Crippen LogP) is 3.76. The maximum atomic E-state index is 13.2. The fourth-order valence-corrected chi connectivity index (χ4v) is 2.41. The Labute approximate surface area is 125 Å². The lowest BCUT2D eigenvalue weighted by atomic mass is 10.1. The molecule has 5 heteroatoms. The Balaban J connectivity index is 2.20. The van der Waals surface area contributed by atoms with Crippen LogP contribution in [0.15, 0.2) is 40.9 Å². The first-order chi connectivity index (χ1) is 9.47. The van der Waals surface area contributed by atoms with Gasteiger partial charge < -0.3 is 10.5 Å². The highest BCUT2D eigenvalue weighted by Gasteiger charge is 2.09. The van der Waals surface area contributed by atoms with Gasteiger partial charge in [-0.1, -0.05) is 12.1 Å². The van der Waals surface area contributed by atoms with E-state index in [-0.39, 0.29) is 12.4 Å². The minimum absolute atomic E-state index is 0.175. The Hall–Kier alpha value is -1.88. The van der Waals surface area contributed by atoms with Crippen LogP contribution in [-0.4, -0.2) is 5.84 Å². The van der Waals surface area contributed by atoms with E-state index in [4.69, 9.17) is 15.9 Å². The highest BCUT2D eigenvalue weighted by molar-refractivity contribution is 9.10. The van der Waals surface area contributed by atoms with Crippen LogP contribution in [0.5, 0.6) is 5.75 Å². The van der Waals surface area contributed by atoms with E-state index in [9.17, 15) is 4.39 Å². The molecule has 2 aromatic rings. The summed E-state index contributed by atoms with van der Waals surface area (Å²) in [5.41, 5.74) is 7.60. The molecule has 0 heterocycles. The van der Waals surface area contributed by atoms with Crippen molar-refractivity contribution < 1.29 is 9.13 Å². The molecule has 104 valence electrons. The quantitative estimate of drug-likeness (QED) is 0.659. The molecule has 3 N–H and O–H groups in total. The molecule has 0 fully saturated rings. The van der Waals surface area contributed by atoms with Gasteiger partial charge >= 0.3 is 0 Å². The fraction of sp³-hybridized carbons (Fsp3) is 0.133. The maximum absolute atomic E-state index is 13.2. The third kappa shape index (κ3) is 3.36. The van der Waals surface area contributed by atoms with E-state index in [0.29, 0.717) is 16.9 Å². The molecule has 0 amide bonds. The Morgan fingerprint density at radius 3 is 2.70 bits per heavy atom. The van der Waals surface area contributed by atoms with Crippen LogP contribution < -0.4 is 10.5 Å². The van der Waals surface area contributed by atoms with E-state index in [1.165, 1.54) is 12.1 Å². The topological polar surface area (TPSA) is 59.1 Å². The second kappa shape index (κ2) is 6.05. The number of benzene rings is 2. The molecule has 0 bridgehead atoms. The van der Waals surface area contributed by atoms with E-state index < -0.39 is 5.82 Å². The second-order valence-corrected chi connectivity index (χ2v) is 5.29. The summed E-state index contributed by atoms with van der Waals surface area (Å²) in [6.45, 7) is 2.21. The zero-order valence-corrected chi connectivity index (χ0v) is 12.5. The molecule has 2 rings (SSSR count). The smallest absolute Gasteiger partial charge is 0.134 e. The van der Waals surface area contributed by atoms with Gasteiger partial charge in [-0.05, 0) is 52.7 Å². The van der Waals surface area contributed by atoms with Crippen molar-refractivity contribution in [3.63, 3.8) is 0 Å². The van der Waals surface area contributed by atoms with E-state index in [1.54, 1.807) is 6.07 Å². The third-order valence-corrected chi connectivity index (χ3v) is 3.45. The average Bonchev–Trinajstić information content (AvgIpc) is 2.38. The minimum Gasteiger partial charge on any atom is -0.488 e. The molecule has 3 nitrogen and oxygen atoms in total. The predicted molar refractivity (Wildman–Crippen MR) is 80.6 cm³/mol. The number of nitrogens with one attached hydrogen (secondary N) is 1. The zero-order valence-electron chi connectivity index (χ0n) is 10.9. The molecule has 0 atom stereocenters. The number of aryl methyl sites for hydroxylation is 1. The van der Waals surface area contributed by atoms with E-state index in [2.05, 4.69) is 15.9 Å². The zero-order chi connectivity index (χ0) is 14.7. The average molecular weight is 337 g/mol. The maximum Gasteiger partial charge on any atom is 0.134 e. The SMILES string of the molecule is Cc1ccc(OCc2ccc(F)cc2C(=N)N)c(Br)c1. The van der Waals surface area contributed by atoms with Gasteiger partial charge in [0.15, 0.2) is 0 Å². The first-order valence-electron chi connectivity index (χ1n) is 5.99. The number of nitrogen functional groups attached to an aromatic ring is 1. The molecule has 0 unspecified atom stereocenters. The van der Waals surface area contributed by atoms with Crippen LogP contribution in [0.4, 0.5) is 4.39 Å². The van der Waals surface area contributed by atoms with Gasteiger partial charge in [0.1, 0.15) is 24.0 Å². The molecular weight excluding hydrogens is 323 g/mol. The summed E-state index contributed by atoms with van der Waals surface area (Å²) in [6.07, 6.45) is 0. The van der Waals surface area contributed by atoms with Gasteiger partial charge in [-0.3, -0.25) is 5.41 Å². The highest BCUT2D eigenvalue weighted by Crippen LogP contribution is 2.27. The molecule has 0 spiro atoms. The summed E-state index contributed by atoms with van der Waals surface area (Å²) >= 11 is 3.43. The number of hydrogen-bond donors (Lipinski definition) is 2. The molecule has 0 aromatic heterocycles. The second-order valence-electron chi connectivity index (χ2n) is 4.44. The van der Waals surface area contributed by atoms with Crippen molar-refractivity contribution in [2.45, 2.75) is 13.5 Å². The minimum atomic E-state index is -0.421. The van der Waals surface area contributed by atoms with E-state index >= 15 is 0 Å². The lowest BCUT2D eigenvalue weighted by molar-refractivity contribution is 0.304. The summed E-state index contributed by atoms with van der Waals surface area (Å²) in [5.74, 6) is 0.0935. The van der Waals surface area contributed by atoms with Crippen LogP contribution >= 0.6 is 15.9 Å². The summed E-state index contributed by atoms with van der Waals surface area (Å²) in [7, 11) is 0. The molecule has 0 radical (unpaired) electrons. The van der Waals surface area contributed by atoms with Gasteiger partial charge in [-0.15, -0.1) is 0 Å². The number of rotatable bonds is 4. The Bertz CT molecular complexity index is 658. The van der Waals surface area contributed by atoms with Crippen LogP contribution in [0.1, 0.15) is 16.7 Å². The van der Waals surface area contributed by atoms with Crippen LogP contribution in [0.2, 0.25) is 0 Å². The van der Waals surface area contributed by atoms with Crippen molar-refractivity contribution in [2.24, 2.45) is 5.73 Å². The Kier molecular flexibility index (Phi) is 4.39.